The number of carbonyl (C=O) groups is 3. The average Bonchev–Trinajstić information content (AvgIpc) is 3.55. The fourth-order valence-corrected chi connectivity index (χ4v) is 6.62. The molecule has 9 nitrogen and oxygen atoms in total. The van der Waals surface area contributed by atoms with E-state index in [9.17, 15) is 14.4 Å². The van der Waals surface area contributed by atoms with Crippen molar-refractivity contribution in [2.45, 2.75) is 28.8 Å². The fourth-order valence-electron chi connectivity index (χ4n) is 5.39. The van der Waals surface area contributed by atoms with Gasteiger partial charge in [-0.1, -0.05) is 54.2 Å². The summed E-state index contributed by atoms with van der Waals surface area (Å²) in [6.45, 7) is 1.39. The molecule has 2 unspecified atom stereocenters. The maximum atomic E-state index is 13.5. The van der Waals surface area contributed by atoms with Crippen molar-refractivity contribution >= 4 is 41.0 Å². The maximum Gasteiger partial charge on any atom is 0.327 e. The van der Waals surface area contributed by atoms with E-state index in [0.717, 1.165) is 33.1 Å². The molecule has 3 N–H and O–H groups in total. The number of anilines is 2. The summed E-state index contributed by atoms with van der Waals surface area (Å²) in [6.07, 6.45) is 2.39. The zero-order chi connectivity index (χ0) is 26.2. The van der Waals surface area contributed by atoms with E-state index in [1.165, 1.54) is 11.8 Å². The standard InChI is InChI=1S/C28H28N6O3S/c1-29-15-22(35)33-13-11-19(16-33)31-26(36)25-24-23-21(10-12-30-27(23)38-25)34(28(37)32-24)20-9-5-8-18(14-20)17-6-3-2-4-7-17/h2-10,12,14,19,24-25,29H,11,13,15-16H2,1H3,(H,31,36)(H,32,37)/t19?,24?,25-/m1/s1. The lowest BCUT2D eigenvalue weighted by molar-refractivity contribution is -0.129. The number of likely N-dealkylation sites (tertiary alicyclic amines) is 1. The molecule has 0 bridgehead atoms. The number of thioether (sulfide) groups is 1. The van der Waals surface area contributed by atoms with Gasteiger partial charge in [0.05, 0.1) is 24.0 Å². The second-order valence-corrected chi connectivity index (χ2v) is 10.8. The Bertz CT molecular complexity index is 1400. The molecule has 0 aliphatic carbocycles. The minimum Gasteiger partial charge on any atom is -0.350 e. The Labute approximate surface area is 225 Å². The SMILES string of the molecule is CNCC(=O)N1CCC(NC(=O)[C@@H]2Sc3nccc4c3C2NC(=O)N4c2cccc(-c3ccccc3)c2)C1. The number of likely N-dealkylation sites (N-methyl/N-ethyl adjacent to an activating group) is 1. The predicted octanol–water partition coefficient (Wildman–Crippen LogP) is 3.06. The number of pyridine rings is 1. The van der Waals surface area contributed by atoms with Crippen molar-refractivity contribution in [1.82, 2.24) is 25.8 Å². The van der Waals surface area contributed by atoms with Crippen LogP contribution in [0, 0.1) is 0 Å². The van der Waals surface area contributed by atoms with Crippen LogP contribution in [0.1, 0.15) is 18.0 Å². The van der Waals surface area contributed by atoms with Gasteiger partial charge in [0, 0.05) is 30.9 Å². The highest BCUT2D eigenvalue weighted by Crippen LogP contribution is 2.50. The summed E-state index contributed by atoms with van der Waals surface area (Å²) in [4.78, 5) is 47.0. The summed E-state index contributed by atoms with van der Waals surface area (Å²) in [5.74, 6) is -0.131. The van der Waals surface area contributed by atoms with Crippen LogP contribution in [0.3, 0.4) is 0 Å². The normalized spacial score (nSPS) is 21.7. The summed E-state index contributed by atoms with van der Waals surface area (Å²) < 4.78 is 0. The number of benzene rings is 2. The molecule has 4 heterocycles. The molecule has 1 fully saturated rings. The predicted molar refractivity (Wildman–Crippen MR) is 146 cm³/mol. The summed E-state index contributed by atoms with van der Waals surface area (Å²) in [5, 5.41) is 9.26. The number of rotatable bonds is 6. The van der Waals surface area contributed by atoms with Crippen molar-refractivity contribution in [2.75, 3.05) is 31.6 Å². The minimum absolute atomic E-state index is 0.0247. The Morgan fingerprint density at radius 1 is 1.11 bits per heavy atom. The van der Waals surface area contributed by atoms with Gasteiger partial charge >= 0.3 is 6.03 Å². The van der Waals surface area contributed by atoms with Crippen LogP contribution in [0.25, 0.3) is 11.1 Å². The van der Waals surface area contributed by atoms with Crippen molar-refractivity contribution in [3.8, 4) is 11.1 Å². The van der Waals surface area contributed by atoms with Crippen LogP contribution in [0.4, 0.5) is 16.2 Å². The molecule has 0 radical (unpaired) electrons. The molecule has 194 valence electrons. The first-order valence-electron chi connectivity index (χ1n) is 12.7. The molecule has 3 atom stereocenters. The van der Waals surface area contributed by atoms with E-state index in [-0.39, 0.29) is 30.4 Å². The van der Waals surface area contributed by atoms with E-state index < -0.39 is 11.3 Å². The Morgan fingerprint density at radius 3 is 2.74 bits per heavy atom. The van der Waals surface area contributed by atoms with Crippen LogP contribution in [-0.4, -0.2) is 65.7 Å². The number of carbonyl (C=O) groups excluding carboxylic acids is 3. The molecule has 1 aromatic heterocycles. The number of amides is 4. The van der Waals surface area contributed by atoms with Gasteiger partial charge < -0.3 is 20.9 Å². The second kappa shape index (κ2) is 10.1. The summed E-state index contributed by atoms with van der Waals surface area (Å²) >= 11 is 1.37. The van der Waals surface area contributed by atoms with Gasteiger partial charge in [0.1, 0.15) is 10.3 Å². The largest absolute Gasteiger partial charge is 0.350 e. The molecular formula is C28H28N6O3S. The zero-order valence-electron chi connectivity index (χ0n) is 20.9. The van der Waals surface area contributed by atoms with Crippen LogP contribution in [-0.2, 0) is 9.59 Å². The monoisotopic (exact) mass is 528 g/mol. The van der Waals surface area contributed by atoms with Gasteiger partial charge in [0.15, 0.2) is 0 Å². The maximum absolute atomic E-state index is 13.5. The first-order valence-corrected chi connectivity index (χ1v) is 13.6. The van der Waals surface area contributed by atoms with Crippen molar-refractivity contribution in [3.05, 3.63) is 72.4 Å². The van der Waals surface area contributed by atoms with Crippen LogP contribution < -0.4 is 20.9 Å². The molecule has 38 heavy (non-hydrogen) atoms. The molecule has 3 aliphatic heterocycles. The van der Waals surface area contributed by atoms with Crippen molar-refractivity contribution < 1.29 is 14.4 Å². The minimum atomic E-state index is -0.539. The van der Waals surface area contributed by atoms with Gasteiger partial charge in [-0.05, 0) is 42.8 Å². The molecule has 10 heteroatoms. The molecule has 0 saturated carbocycles. The Kier molecular flexibility index (Phi) is 6.50. The van der Waals surface area contributed by atoms with E-state index in [0.29, 0.717) is 19.5 Å². The molecule has 3 aromatic rings. The van der Waals surface area contributed by atoms with E-state index in [4.69, 9.17) is 0 Å². The summed E-state index contributed by atoms with van der Waals surface area (Å²) in [6, 6.07) is 18.8. The average molecular weight is 529 g/mol. The number of nitrogens with one attached hydrogen (secondary N) is 3. The van der Waals surface area contributed by atoms with Crippen molar-refractivity contribution in [3.63, 3.8) is 0 Å². The molecule has 1 saturated heterocycles. The third-order valence-corrected chi connectivity index (χ3v) is 8.48. The third kappa shape index (κ3) is 4.39. The van der Waals surface area contributed by atoms with E-state index in [1.807, 2.05) is 60.7 Å². The second-order valence-electron chi connectivity index (χ2n) is 9.63. The van der Waals surface area contributed by atoms with Gasteiger partial charge in [0.2, 0.25) is 11.8 Å². The number of hydrogen-bond donors (Lipinski definition) is 3. The van der Waals surface area contributed by atoms with Gasteiger partial charge in [-0.3, -0.25) is 14.5 Å². The fraction of sp³-hybridized carbons (Fsp3) is 0.286. The Balaban J connectivity index is 1.23. The lowest BCUT2D eigenvalue weighted by Crippen LogP contribution is -2.50. The van der Waals surface area contributed by atoms with Crippen LogP contribution in [0.2, 0.25) is 0 Å². The molecular weight excluding hydrogens is 500 g/mol. The smallest absolute Gasteiger partial charge is 0.327 e. The Morgan fingerprint density at radius 2 is 1.92 bits per heavy atom. The van der Waals surface area contributed by atoms with Gasteiger partial charge in [0.25, 0.3) is 0 Å². The van der Waals surface area contributed by atoms with Crippen molar-refractivity contribution in [1.29, 1.82) is 0 Å². The Hall–Kier alpha value is -3.89. The highest BCUT2D eigenvalue weighted by atomic mass is 32.2. The topological polar surface area (TPSA) is 107 Å². The third-order valence-electron chi connectivity index (χ3n) is 7.19. The van der Waals surface area contributed by atoms with Gasteiger partial charge in [-0.2, -0.15) is 0 Å². The first-order chi connectivity index (χ1) is 18.5. The zero-order valence-corrected chi connectivity index (χ0v) is 21.7. The van der Waals surface area contributed by atoms with E-state index >= 15 is 0 Å². The van der Waals surface area contributed by atoms with Crippen LogP contribution >= 0.6 is 11.8 Å². The molecule has 2 aromatic carbocycles. The quantitative estimate of drug-likeness (QED) is 0.454. The summed E-state index contributed by atoms with van der Waals surface area (Å²) in [7, 11) is 1.74. The molecule has 6 rings (SSSR count). The van der Waals surface area contributed by atoms with Crippen LogP contribution in [0.5, 0.6) is 0 Å². The number of aromatic nitrogens is 1. The highest BCUT2D eigenvalue weighted by molar-refractivity contribution is 8.01. The number of hydrogen-bond acceptors (Lipinski definition) is 6. The van der Waals surface area contributed by atoms with Crippen LogP contribution in [0.15, 0.2) is 71.9 Å². The highest BCUT2D eigenvalue weighted by Gasteiger charge is 2.47. The summed E-state index contributed by atoms with van der Waals surface area (Å²) in [5.41, 5.74) is 4.41. The van der Waals surface area contributed by atoms with E-state index in [2.05, 4.69) is 20.9 Å². The van der Waals surface area contributed by atoms with Crippen molar-refractivity contribution in [2.24, 2.45) is 0 Å². The molecule has 4 amide bonds. The molecule has 0 spiro atoms. The van der Waals surface area contributed by atoms with Gasteiger partial charge in [-0.25, -0.2) is 9.78 Å². The first kappa shape index (κ1) is 24.4. The van der Waals surface area contributed by atoms with Gasteiger partial charge in [-0.15, -0.1) is 0 Å². The lowest BCUT2D eigenvalue weighted by atomic mass is 9.99. The molecule has 3 aliphatic rings. The lowest BCUT2D eigenvalue weighted by Gasteiger charge is -2.34. The number of urea groups is 1. The van der Waals surface area contributed by atoms with E-state index in [1.54, 1.807) is 23.0 Å². The number of nitrogens with zero attached hydrogens (tertiary/aromatic N) is 3.